The zero-order chi connectivity index (χ0) is 69.6. The molecular formula is C74H72N10Pt2. The zero-order valence-electron chi connectivity index (χ0n) is 61.4. The van der Waals surface area contributed by atoms with Crippen LogP contribution in [0.15, 0.2) is 182 Å². The third kappa shape index (κ3) is 8.18. The molecule has 9 aromatic carbocycles. The van der Waals surface area contributed by atoms with Crippen molar-refractivity contribution in [3.8, 4) is 0 Å². The van der Waals surface area contributed by atoms with Gasteiger partial charge in [0.1, 0.15) is 0 Å². The molecule has 0 atom stereocenters. The molecule has 0 aromatic heterocycles. The summed E-state index contributed by atoms with van der Waals surface area (Å²) in [4.78, 5) is 18.6. The van der Waals surface area contributed by atoms with Gasteiger partial charge >= 0.3 is 543 Å². The molecule has 0 amide bonds. The van der Waals surface area contributed by atoms with Crippen LogP contribution in [-0.2, 0) is 46.1 Å². The Morgan fingerprint density at radius 2 is 0.512 bits per heavy atom. The molecule has 12 heteroatoms. The number of benzene rings is 9. The van der Waals surface area contributed by atoms with Gasteiger partial charge in [-0.1, -0.05) is 0 Å². The molecule has 0 fully saturated rings. The quantitative estimate of drug-likeness (QED) is 0.167. The molecule has 86 heavy (non-hydrogen) atoms. The van der Waals surface area contributed by atoms with Crippen molar-refractivity contribution in [2.45, 2.75) is 80.1 Å². The maximum absolute atomic E-state index is 9.29. The second-order valence-corrected chi connectivity index (χ2v) is 29.8. The van der Waals surface area contributed by atoms with Gasteiger partial charge < -0.3 is 0 Å². The molecule has 8 bridgehead atoms. The van der Waals surface area contributed by atoms with Gasteiger partial charge in [-0.15, -0.1) is 0 Å². The summed E-state index contributed by atoms with van der Waals surface area (Å²) in [6.07, 6.45) is 0. The Hall–Kier alpha value is -8.16. The van der Waals surface area contributed by atoms with E-state index in [4.69, 9.17) is 0 Å². The Morgan fingerprint density at radius 3 is 0.779 bits per heavy atom. The van der Waals surface area contributed by atoms with E-state index in [0.717, 1.165) is 67.5 Å². The fourth-order valence-corrected chi connectivity index (χ4v) is 19.0. The van der Waals surface area contributed by atoms with Gasteiger partial charge in [0.25, 0.3) is 0 Å². The Morgan fingerprint density at radius 1 is 0.279 bits per heavy atom. The monoisotopic (exact) mass is 1500 g/mol. The number of anilines is 18. The van der Waals surface area contributed by atoms with Crippen LogP contribution in [0, 0.1) is 27.7 Å². The van der Waals surface area contributed by atoms with Crippen LogP contribution in [0.3, 0.4) is 0 Å². The molecule has 9 aromatic rings. The predicted molar refractivity (Wildman–Crippen MR) is 360 cm³/mol. The van der Waals surface area contributed by atoms with Crippen LogP contribution in [0.25, 0.3) is 0 Å². The summed E-state index contributed by atoms with van der Waals surface area (Å²) >= 11 is -3.41. The molecule has 0 saturated heterocycles. The normalized spacial score (nSPS) is 18.7. The van der Waals surface area contributed by atoms with Gasteiger partial charge in [-0.2, -0.15) is 0 Å². The third-order valence-electron chi connectivity index (χ3n) is 17.4. The molecule has 0 unspecified atom stereocenters. The van der Waals surface area contributed by atoms with E-state index in [1.165, 1.54) is 19.6 Å². The van der Waals surface area contributed by atoms with Crippen molar-refractivity contribution in [3.63, 3.8) is 0 Å². The SMILES string of the molecule is [2H]C([2H])([2H])N1[C]2=[Pt]=[C]3N(c4cc(cc(C(C)(C)C)c4)N(c4c(C)c(C)c(N5c6cccc(c6)N6[C](=[Pt]=[C]7N(c8cc5cc(C(C)(C)C)c8)c5ccccc5N7C([2H])([2H])[2H])N(C([2H])([2H])[2H])c5ccccc56)c(C)c4C)c4cccc(c4)N2c2ccccc21)c1ccccc1N3C([2H])([2H])[2H]. The fourth-order valence-electron chi connectivity index (χ4n) is 12.7. The molecular weight excluding hydrogens is 1420 g/mol. The van der Waals surface area contributed by atoms with E-state index in [1.54, 1.807) is 0 Å². The summed E-state index contributed by atoms with van der Waals surface area (Å²) in [5, 5.41) is 0. The van der Waals surface area contributed by atoms with Crippen LogP contribution in [-0.4, -0.2) is 44.5 Å². The molecule has 0 radical (unpaired) electrons. The summed E-state index contributed by atoms with van der Waals surface area (Å²) in [5.41, 5.74) is 17.3. The van der Waals surface area contributed by atoms with E-state index in [9.17, 15) is 16.4 Å². The van der Waals surface area contributed by atoms with Crippen LogP contribution in [0.1, 0.15) is 91.4 Å². The average molecular weight is 1500 g/mol. The van der Waals surface area contributed by atoms with Crippen molar-refractivity contribution >= 4 is 119 Å². The minimum absolute atomic E-state index is 0.441. The predicted octanol–water partition coefficient (Wildman–Crippen LogP) is 17.3. The molecule has 6 aliphatic rings. The van der Waals surface area contributed by atoms with Crippen LogP contribution in [0.4, 0.5) is 102 Å². The summed E-state index contributed by atoms with van der Waals surface area (Å²) in [5.74, 6) is 0. The molecule has 438 valence electrons. The first kappa shape index (κ1) is 42.6. The number of fused-ring (bicyclic) bond motifs is 24. The minimum atomic E-state index is -2.67. The third-order valence-corrected chi connectivity index (χ3v) is 23.5. The van der Waals surface area contributed by atoms with Gasteiger partial charge in [0, 0.05) is 0 Å². The Kier molecular flexibility index (Phi) is 9.75. The van der Waals surface area contributed by atoms with Crippen molar-refractivity contribution in [1.29, 1.82) is 0 Å². The van der Waals surface area contributed by atoms with Crippen LogP contribution in [0.5, 0.6) is 0 Å². The topological polar surface area (TPSA) is 32.4 Å². The zero-order valence-corrected chi connectivity index (χ0v) is 54.0. The van der Waals surface area contributed by atoms with E-state index in [2.05, 4.69) is 150 Å². The second-order valence-electron chi connectivity index (χ2n) is 24.6. The fraction of sp³-hybridized carbons (Fsp3) is 0.216. The van der Waals surface area contributed by atoms with E-state index in [0.29, 0.717) is 84.8 Å². The standard InChI is InChI=1S/C74H72N10.2Pt/c1-49-50(2)72(84(58-28-24-26-56(42-58)80-46-76(12)64-30-16-20-34-68(64)80)62-40-54(74(8,9)10)38-60(44-62)82-48-78(14)66-32-18-22-36-70(66)82)52(4)51(3)71(49)83(57-27-23-25-55(41-57)79-45-75(11)63-29-15-19-33-67(63)79)61-39-53(73(5,6)7)37-59(43-61)81-47-77(13)65-31-17-21-35-69(65)81;;/h15-44H,1-14H3;;/i11D3,12D3,13D3,14D3;;. The van der Waals surface area contributed by atoms with Gasteiger partial charge in [0.15, 0.2) is 0 Å². The van der Waals surface area contributed by atoms with E-state index >= 15 is 0 Å². The molecule has 0 N–H and O–H groups in total. The molecule has 0 aliphatic carbocycles. The first-order chi connectivity index (χ1) is 46.1. The number of nitrogens with zero attached hydrogens (tertiary/aromatic N) is 10. The second kappa shape index (κ2) is 19.7. The van der Waals surface area contributed by atoms with Crippen molar-refractivity contribution in [3.05, 3.63) is 215 Å². The number of hydrogen-bond acceptors (Lipinski definition) is 10. The molecule has 0 spiro atoms. The summed E-state index contributed by atoms with van der Waals surface area (Å²) in [6.45, 7) is 11.0. The number of hydrogen-bond donors (Lipinski definition) is 0. The van der Waals surface area contributed by atoms with Crippen molar-refractivity contribution < 1.29 is 51.7 Å². The van der Waals surface area contributed by atoms with Gasteiger partial charge in [-0.05, 0) is 0 Å². The van der Waals surface area contributed by atoms with E-state index in [-0.39, 0.29) is 0 Å². The van der Waals surface area contributed by atoms with Crippen LogP contribution in [0.2, 0.25) is 0 Å². The Bertz CT molecular complexity index is 4690. The summed E-state index contributed by atoms with van der Waals surface area (Å²) in [7, 11) is 0. The Labute approximate surface area is 539 Å². The molecule has 6 aliphatic heterocycles. The van der Waals surface area contributed by atoms with Crippen LogP contribution < -0.4 is 49.0 Å². The summed E-state index contributed by atoms with van der Waals surface area (Å²) < 4.78 is 113. The number of rotatable bonds is 2. The molecule has 15 rings (SSSR count). The van der Waals surface area contributed by atoms with Gasteiger partial charge in [0.05, 0.1) is 0 Å². The van der Waals surface area contributed by atoms with Gasteiger partial charge in [0.2, 0.25) is 0 Å². The first-order valence-electron chi connectivity index (χ1n) is 34.8. The van der Waals surface area contributed by atoms with Gasteiger partial charge in [-0.3, -0.25) is 0 Å². The molecule has 10 nitrogen and oxygen atoms in total. The number of para-hydroxylation sites is 8. The van der Waals surface area contributed by atoms with E-state index in [1.807, 2.05) is 131 Å². The van der Waals surface area contributed by atoms with Crippen molar-refractivity contribution in [2.75, 3.05) is 76.9 Å². The molecule has 0 saturated carbocycles. The Balaban J connectivity index is 1.03. The van der Waals surface area contributed by atoms with Crippen molar-refractivity contribution in [1.82, 2.24) is 0 Å². The van der Waals surface area contributed by atoms with E-state index < -0.39 is 74.0 Å². The first-order valence-corrected chi connectivity index (χ1v) is 33.3. The van der Waals surface area contributed by atoms with Crippen molar-refractivity contribution in [2.24, 2.45) is 0 Å². The van der Waals surface area contributed by atoms with Crippen LogP contribution >= 0.6 is 0 Å². The average Bonchev–Trinajstić information content (AvgIpc) is 1.49. The maximum atomic E-state index is 9.29. The van der Waals surface area contributed by atoms with Gasteiger partial charge in [-0.25, -0.2) is 0 Å². The molecule has 6 heterocycles. The summed E-state index contributed by atoms with van der Waals surface area (Å²) in [6, 6.07) is 59.6.